The summed E-state index contributed by atoms with van der Waals surface area (Å²) in [7, 11) is 0. The van der Waals surface area contributed by atoms with Gasteiger partial charge in [-0.1, -0.05) is 18.2 Å². The van der Waals surface area contributed by atoms with Crippen molar-refractivity contribution in [1.82, 2.24) is 0 Å². The highest BCUT2D eigenvalue weighted by Crippen LogP contribution is 2.34. The predicted octanol–water partition coefficient (Wildman–Crippen LogP) is 2.60. The van der Waals surface area contributed by atoms with Gasteiger partial charge in [0.2, 0.25) is 0 Å². The van der Waals surface area contributed by atoms with Crippen molar-refractivity contribution in [3.05, 3.63) is 65.5 Å². The third kappa shape index (κ3) is 1.87. The van der Waals surface area contributed by atoms with Gasteiger partial charge < -0.3 is 11.1 Å². The van der Waals surface area contributed by atoms with Crippen LogP contribution in [0.15, 0.2) is 48.5 Å². The Bertz CT molecular complexity index is 690. The van der Waals surface area contributed by atoms with Crippen LogP contribution in [-0.4, -0.2) is 5.91 Å². The Morgan fingerprint density at radius 1 is 1.05 bits per heavy atom. The number of hydrogen-bond donors (Lipinski definition) is 2. The minimum Gasteiger partial charge on any atom is -0.398 e. The Morgan fingerprint density at radius 2 is 1.74 bits per heavy atom. The van der Waals surface area contributed by atoms with E-state index in [0.717, 1.165) is 11.3 Å². The van der Waals surface area contributed by atoms with Crippen LogP contribution < -0.4 is 11.1 Å². The summed E-state index contributed by atoms with van der Waals surface area (Å²) < 4.78 is 12.9. The molecule has 0 fully saturated rings. The molecule has 0 radical (unpaired) electrons. The first-order chi connectivity index (χ1) is 9.16. The lowest BCUT2D eigenvalue weighted by Crippen LogP contribution is -2.09. The Morgan fingerprint density at radius 3 is 2.47 bits per heavy atom. The van der Waals surface area contributed by atoms with Crippen molar-refractivity contribution in [2.75, 3.05) is 5.32 Å². The number of anilines is 1. The summed E-state index contributed by atoms with van der Waals surface area (Å²) in [4.78, 5) is 12.0. The Kier molecular flexibility index (Phi) is 2.56. The highest BCUT2D eigenvalue weighted by Gasteiger charge is 2.26. The zero-order valence-electron chi connectivity index (χ0n) is 9.98. The molecule has 1 aliphatic heterocycles. The molecular formula is C15H11FN2O. The average Bonchev–Trinajstić information content (AvgIpc) is 2.74. The molecule has 3 nitrogen and oxygen atoms in total. The van der Waals surface area contributed by atoms with Crippen molar-refractivity contribution in [2.45, 2.75) is 0 Å². The molecule has 1 heterocycles. The van der Waals surface area contributed by atoms with E-state index in [-0.39, 0.29) is 11.7 Å². The number of benzene rings is 2. The van der Waals surface area contributed by atoms with Gasteiger partial charge in [0.1, 0.15) is 5.82 Å². The summed E-state index contributed by atoms with van der Waals surface area (Å²) in [5.74, 6) is -0.569. The van der Waals surface area contributed by atoms with Gasteiger partial charge in [-0.2, -0.15) is 0 Å². The van der Waals surface area contributed by atoms with Gasteiger partial charge in [0, 0.05) is 11.3 Å². The molecule has 0 spiro atoms. The second-order valence-electron chi connectivity index (χ2n) is 4.30. The van der Waals surface area contributed by atoms with Crippen molar-refractivity contribution < 1.29 is 9.18 Å². The van der Waals surface area contributed by atoms with Gasteiger partial charge in [0.05, 0.1) is 11.3 Å². The largest absolute Gasteiger partial charge is 0.398 e. The van der Waals surface area contributed by atoms with E-state index in [9.17, 15) is 9.18 Å². The van der Waals surface area contributed by atoms with Gasteiger partial charge in [-0.25, -0.2) is 4.39 Å². The molecule has 19 heavy (non-hydrogen) atoms. The third-order valence-corrected chi connectivity index (χ3v) is 3.10. The van der Waals surface area contributed by atoms with Crippen LogP contribution in [-0.2, 0) is 4.79 Å². The number of hydrogen-bond acceptors (Lipinski definition) is 2. The summed E-state index contributed by atoms with van der Waals surface area (Å²) in [5, 5.41) is 2.76. The molecule has 0 atom stereocenters. The number of nitrogens with two attached hydrogens (primary N) is 1. The molecule has 3 N–H and O–H groups in total. The van der Waals surface area contributed by atoms with Crippen LogP contribution in [0.5, 0.6) is 0 Å². The summed E-state index contributed by atoms with van der Waals surface area (Å²) in [6, 6.07) is 13.1. The number of carbonyl (C=O) groups excluding carboxylic acids is 1. The maximum Gasteiger partial charge on any atom is 0.258 e. The Balaban J connectivity index is 2.17. The standard InChI is InChI=1S/C15H11FN2O/c16-10-7-5-9(6-8-10)14(17)13-11-3-1-2-4-12(11)18-15(13)19/h1-8H,17H2,(H,18,19). The van der Waals surface area contributed by atoms with Crippen molar-refractivity contribution in [3.8, 4) is 0 Å². The summed E-state index contributed by atoms with van der Waals surface area (Å²) >= 11 is 0. The van der Waals surface area contributed by atoms with E-state index in [1.165, 1.54) is 12.1 Å². The van der Waals surface area contributed by atoms with Crippen molar-refractivity contribution in [3.63, 3.8) is 0 Å². The zero-order chi connectivity index (χ0) is 13.4. The van der Waals surface area contributed by atoms with E-state index in [1.54, 1.807) is 12.1 Å². The van der Waals surface area contributed by atoms with Crippen LogP contribution in [0.1, 0.15) is 11.1 Å². The molecule has 0 saturated heterocycles. The van der Waals surface area contributed by atoms with Crippen molar-refractivity contribution in [2.24, 2.45) is 5.73 Å². The molecule has 1 aliphatic rings. The molecule has 4 heteroatoms. The number of halogens is 1. The number of nitrogens with one attached hydrogen (secondary N) is 1. The fraction of sp³-hybridized carbons (Fsp3) is 0. The van der Waals surface area contributed by atoms with Crippen LogP contribution >= 0.6 is 0 Å². The smallest absolute Gasteiger partial charge is 0.258 e. The fourth-order valence-corrected chi connectivity index (χ4v) is 2.16. The van der Waals surface area contributed by atoms with Crippen LogP contribution in [0.4, 0.5) is 10.1 Å². The van der Waals surface area contributed by atoms with Gasteiger partial charge >= 0.3 is 0 Å². The summed E-state index contributed by atoms with van der Waals surface area (Å²) in [6.45, 7) is 0. The monoisotopic (exact) mass is 254 g/mol. The van der Waals surface area contributed by atoms with E-state index < -0.39 is 0 Å². The first-order valence-electron chi connectivity index (χ1n) is 5.83. The average molecular weight is 254 g/mol. The van der Waals surface area contributed by atoms with Crippen LogP contribution in [0.3, 0.4) is 0 Å². The summed E-state index contributed by atoms with van der Waals surface area (Å²) in [6.07, 6.45) is 0. The topological polar surface area (TPSA) is 55.1 Å². The number of amides is 1. The Hall–Kier alpha value is -2.62. The van der Waals surface area contributed by atoms with Crippen molar-refractivity contribution in [1.29, 1.82) is 0 Å². The van der Waals surface area contributed by atoms with E-state index in [0.29, 0.717) is 16.8 Å². The van der Waals surface area contributed by atoms with E-state index in [4.69, 9.17) is 5.73 Å². The van der Waals surface area contributed by atoms with E-state index in [1.807, 2.05) is 24.3 Å². The van der Waals surface area contributed by atoms with Gasteiger partial charge in [-0.3, -0.25) is 4.79 Å². The van der Waals surface area contributed by atoms with Crippen LogP contribution in [0.25, 0.3) is 11.3 Å². The lowest BCUT2D eigenvalue weighted by atomic mass is 10.0. The van der Waals surface area contributed by atoms with E-state index >= 15 is 0 Å². The molecule has 0 saturated carbocycles. The lowest BCUT2D eigenvalue weighted by molar-refractivity contribution is -0.110. The number of fused-ring (bicyclic) bond motifs is 1. The molecule has 2 aromatic rings. The number of para-hydroxylation sites is 1. The van der Waals surface area contributed by atoms with Gasteiger partial charge in [0.25, 0.3) is 5.91 Å². The molecular weight excluding hydrogens is 243 g/mol. The first kappa shape index (κ1) is 11.5. The quantitative estimate of drug-likeness (QED) is 0.768. The normalized spacial score (nSPS) is 15.9. The Labute approximate surface area is 109 Å². The maximum absolute atomic E-state index is 12.9. The predicted molar refractivity (Wildman–Crippen MR) is 72.5 cm³/mol. The second kappa shape index (κ2) is 4.24. The molecule has 1 amide bonds. The fourth-order valence-electron chi connectivity index (χ4n) is 2.16. The highest BCUT2D eigenvalue weighted by atomic mass is 19.1. The third-order valence-electron chi connectivity index (χ3n) is 3.10. The SMILES string of the molecule is NC(=C1C(=O)Nc2ccccc21)c1ccc(F)cc1. The second-order valence-corrected chi connectivity index (χ2v) is 4.30. The van der Waals surface area contributed by atoms with Gasteiger partial charge in [-0.15, -0.1) is 0 Å². The van der Waals surface area contributed by atoms with Crippen LogP contribution in [0, 0.1) is 5.82 Å². The lowest BCUT2D eigenvalue weighted by Gasteiger charge is -2.05. The van der Waals surface area contributed by atoms with Gasteiger partial charge in [0.15, 0.2) is 0 Å². The van der Waals surface area contributed by atoms with E-state index in [2.05, 4.69) is 5.32 Å². The minimum atomic E-state index is -0.335. The number of rotatable bonds is 1. The molecule has 0 aliphatic carbocycles. The maximum atomic E-state index is 12.9. The molecule has 3 rings (SSSR count). The van der Waals surface area contributed by atoms with Crippen LogP contribution in [0.2, 0.25) is 0 Å². The van der Waals surface area contributed by atoms with Gasteiger partial charge in [-0.05, 0) is 35.9 Å². The summed E-state index contributed by atoms with van der Waals surface area (Å²) in [5.41, 5.74) is 8.98. The first-order valence-corrected chi connectivity index (χ1v) is 5.83. The molecule has 0 bridgehead atoms. The molecule has 2 aromatic carbocycles. The molecule has 94 valence electrons. The molecule has 0 unspecified atom stereocenters. The number of carbonyl (C=O) groups is 1. The molecule has 0 aromatic heterocycles. The minimum absolute atomic E-state index is 0.233. The highest BCUT2D eigenvalue weighted by molar-refractivity contribution is 6.36. The van der Waals surface area contributed by atoms with Crippen molar-refractivity contribution >= 4 is 22.9 Å². The zero-order valence-corrected chi connectivity index (χ0v) is 9.98.